The van der Waals surface area contributed by atoms with E-state index in [-0.39, 0.29) is 17.9 Å². The Hall–Kier alpha value is -3.45. The lowest BCUT2D eigenvalue weighted by atomic mass is 10.1. The third-order valence-electron chi connectivity index (χ3n) is 5.64. The minimum Gasteiger partial charge on any atom is -0.326 e. The second-order valence-corrected chi connectivity index (χ2v) is 8.39. The van der Waals surface area contributed by atoms with Crippen molar-refractivity contribution in [1.82, 2.24) is 19.2 Å². The van der Waals surface area contributed by atoms with Crippen molar-refractivity contribution >= 4 is 29.0 Å². The summed E-state index contributed by atoms with van der Waals surface area (Å²) in [6.07, 6.45) is 0.495. The van der Waals surface area contributed by atoms with Crippen molar-refractivity contribution in [3.63, 3.8) is 0 Å². The van der Waals surface area contributed by atoms with Crippen molar-refractivity contribution < 1.29 is 4.79 Å². The first-order valence-electron chi connectivity index (χ1n) is 10.3. The van der Waals surface area contributed by atoms with E-state index in [1.54, 1.807) is 12.1 Å². The molecular formula is C24H24ClN5O2. The molecule has 0 radical (unpaired) electrons. The second-order valence-electron chi connectivity index (χ2n) is 7.95. The van der Waals surface area contributed by atoms with Gasteiger partial charge in [-0.25, -0.2) is 0 Å². The van der Waals surface area contributed by atoms with Crippen molar-refractivity contribution in [3.8, 4) is 11.4 Å². The zero-order chi connectivity index (χ0) is 23.0. The molecule has 0 unspecified atom stereocenters. The number of fused-ring (bicyclic) bond motifs is 1. The van der Waals surface area contributed by atoms with Crippen LogP contribution in [0.25, 0.3) is 17.2 Å². The summed E-state index contributed by atoms with van der Waals surface area (Å²) in [5.41, 5.74) is 4.74. The first-order valence-corrected chi connectivity index (χ1v) is 10.7. The van der Waals surface area contributed by atoms with E-state index in [1.165, 1.54) is 4.52 Å². The average molecular weight is 450 g/mol. The number of carbonyl (C=O) groups is 1. The fourth-order valence-electron chi connectivity index (χ4n) is 3.71. The zero-order valence-electron chi connectivity index (χ0n) is 18.4. The highest BCUT2D eigenvalue weighted by Gasteiger charge is 2.18. The predicted molar refractivity (Wildman–Crippen MR) is 126 cm³/mol. The molecule has 2 aromatic carbocycles. The molecule has 0 fully saturated rings. The summed E-state index contributed by atoms with van der Waals surface area (Å²) < 4.78 is 3.12. The molecule has 32 heavy (non-hydrogen) atoms. The van der Waals surface area contributed by atoms with Crippen molar-refractivity contribution in [2.24, 2.45) is 7.05 Å². The molecule has 0 atom stereocenters. The van der Waals surface area contributed by atoms with E-state index in [0.29, 0.717) is 28.6 Å². The normalized spacial score (nSPS) is 11.2. The highest BCUT2D eigenvalue weighted by molar-refractivity contribution is 6.30. The Morgan fingerprint density at radius 1 is 1.09 bits per heavy atom. The number of aryl methyl sites for hydroxylation is 3. The van der Waals surface area contributed by atoms with Crippen LogP contribution in [-0.2, 0) is 18.3 Å². The molecule has 7 nitrogen and oxygen atoms in total. The molecule has 0 aliphatic carbocycles. The minimum absolute atomic E-state index is 0.140. The van der Waals surface area contributed by atoms with Gasteiger partial charge in [0.2, 0.25) is 11.7 Å². The van der Waals surface area contributed by atoms with E-state index in [1.807, 2.05) is 62.7 Å². The van der Waals surface area contributed by atoms with Crippen LogP contribution in [0, 0.1) is 20.8 Å². The van der Waals surface area contributed by atoms with Crippen molar-refractivity contribution in [2.45, 2.75) is 33.6 Å². The van der Waals surface area contributed by atoms with Crippen LogP contribution in [-0.4, -0.2) is 25.1 Å². The number of rotatable bonds is 5. The standard InChI is InChI=1S/C24H24ClN5O2/c1-14-5-11-20(15(2)13-14)26-21(31)12-10-19-16(3)29(4)24-27-22(28-30(24)23(19)32)17-6-8-18(25)9-7-17/h5-9,11,13H,10,12H2,1-4H3,(H,26,31). The van der Waals surface area contributed by atoms with Crippen LogP contribution in [0.5, 0.6) is 0 Å². The molecule has 0 aliphatic rings. The van der Waals surface area contributed by atoms with Crippen LogP contribution < -0.4 is 10.9 Å². The molecule has 0 bridgehead atoms. The Balaban J connectivity index is 1.60. The molecule has 0 saturated heterocycles. The molecule has 4 aromatic rings. The average Bonchev–Trinajstić information content (AvgIpc) is 3.20. The zero-order valence-corrected chi connectivity index (χ0v) is 19.2. The summed E-state index contributed by atoms with van der Waals surface area (Å²) in [6.45, 7) is 5.82. The molecule has 8 heteroatoms. The molecule has 0 aliphatic heterocycles. The van der Waals surface area contributed by atoms with Gasteiger partial charge in [0.25, 0.3) is 5.56 Å². The third kappa shape index (κ3) is 4.16. The molecule has 1 N–H and O–H groups in total. The van der Waals surface area contributed by atoms with Gasteiger partial charge in [0.15, 0.2) is 5.82 Å². The van der Waals surface area contributed by atoms with E-state index >= 15 is 0 Å². The van der Waals surface area contributed by atoms with E-state index in [2.05, 4.69) is 15.4 Å². The lowest BCUT2D eigenvalue weighted by Gasteiger charge is -2.12. The molecule has 2 aromatic heterocycles. The Morgan fingerprint density at radius 2 is 1.81 bits per heavy atom. The van der Waals surface area contributed by atoms with Crippen LogP contribution in [0.4, 0.5) is 5.69 Å². The van der Waals surface area contributed by atoms with Gasteiger partial charge < -0.3 is 9.88 Å². The van der Waals surface area contributed by atoms with E-state index < -0.39 is 0 Å². The smallest absolute Gasteiger partial charge is 0.279 e. The quantitative estimate of drug-likeness (QED) is 0.494. The number of amides is 1. The van der Waals surface area contributed by atoms with Gasteiger partial charge in [-0.3, -0.25) is 9.59 Å². The van der Waals surface area contributed by atoms with E-state index in [9.17, 15) is 9.59 Å². The number of hydrogen-bond acceptors (Lipinski definition) is 4. The number of halogens is 1. The number of anilines is 1. The van der Waals surface area contributed by atoms with E-state index in [0.717, 1.165) is 28.1 Å². The number of hydrogen-bond donors (Lipinski definition) is 1. The predicted octanol–water partition coefficient (Wildman–Crippen LogP) is 4.24. The number of carbonyl (C=O) groups excluding carboxylic acids is 1. The van der Waals surface area contributed by atoms with Crippen molar-refractivity contribution in [2.75, 3.05) is 5.32 Å². The van der Waals surface area contributed by atoms with Gasteiger partial charge in [-0.15, -0.1) is 5.10 Å². The highest BCUT2D eigenvalue weighted by Crippen LogP contribution is 2.20. The Bertz CT molecular complexity index is 1390. The van der Waals surface area contributed by atoms with Gasteiger partial charge in [-0.2, -0.15) is 9.50 Å². The first-order chi connectivity index (χ1) is 15.2. The highest BCUT2D eigenvalue weighted by atomic mass is 35.5. The van der Waals surface area contributed by atoms with Crippen LogP contribution in [0.1, 0.15) is 28.8 Å². The summed E-state index contributed by atoms with van der Waals surface area (Å²) in [6, 6.07) is 13.0. The molecule has 0 saturated carbocycles. The van der Waals surface area contributed by atoms with Gasteiger partial charge in [-0.1, -0.05) is 29.3 Å². The van der Waals surface area contributed by atoms with Crippen LogP contribution in [0.3, 0.4) is 0 Å². The first kappa shape index (κ1) is 21.8. The fraction of sp³-hybridized carbons (Fsp3) is 0.250. The SMILES string of the molecule is Cc1ccc(NC(=O)CCc2c(C)n(C)c3nc(-c4ccc(Cl)cc4)nn3c2=O)c(C)c1. The molecule has 2 heterocycles. The summed E-state index contributed by atoms with van der Waals surface area (Å²) in [4.78, 5) is 30.2. The summed E-state index contributed by atoms with van der Waals surface area (Å²) in [7, 11) is 1.84. The topological polar surface area (TPSA) is 81.3 Å². The molecule has 1 amide bonds. The van der Waals surface area contributed by atoms with Crippen LogP contribution in [0.2, 0.25) is 5.02 Å². The van der Waals surface area contributed by atoms with Crippen LogP contribution >= 0.6 is 11.6 Å². The lowest BCUT2D eigenvalue weighted by Crippen LogP contribution is -2.26. The van der Waals surface area contributed by atoms with Crippen molar-refractivity contribution in [3.05, 3.63) is 80.2 Å². The molecule has 164 valence electrons. The second kappa shape index (κ2) is 8.59. The summed E-state index contributed by atoms with van der Waals surface area (Å²) in [5, 5.41) is 7.97. The van der Waals surface area contributed by atoms with Gasteiger partial charge >= 0.3 is 0 Å². The maximum Gasteiger partial charge on any atom is 0.279 e. The molecule has 4 rings (SSSR count). The van der Waals surface area contributed by atoms with Gasteiger partial charge in [0.1, 0.15) is 0 Å². The molecule has 0 spiro atoms. The van der Waals surface area contributed by atoms with Gasteiger partial charge in [0, 0.05) is 41.0 Å². The number of nitrogens with one attached hydrogen (secondary N) is 1. The summed E-state index contributed by atoms with van der Waals surface area (Å²) >= 11 is 5.96. The monoisotopic (exact) mass is 449 g/mol. The summed E-state index contributed by atoms with van der Waals surface area (Å²) in [5.74, 6) is 0.749. The number of aromatic nitrogens is 4. The third-order valence-corrected chi connectivity index (χ3v) is 5.89. The lowest BCUT2D eigenvalue weighted by molar-refractivity contribution is -0.116. The van der Waals surface area contributed by atoms with Crippen LogP contribution in [0.15, 0.2) is 47.3 Å². The van der Waals surface area contributed by atoms with Gasteiger partial charge in [-0.05, 0) is 63.1 Å². The maximum absolute atomic E-state index is 13.2. The van der Waals surface area contributed by atoms with Gasteiger partial charge in [0.05, 0.1) is 0 Å². The Labute approximate surface area is 190 Å². The van der Waals surface area contributed by atoms with Crippen molar-refractivity contribution in [1.29, 1.82) is 0 Å². The Kier molecular flexibility index (Phi) is 5.84. The number of nitrogens with zero attached hydrogens (tertiary/aromatic N) is 4. The maximum atomic E-state index is 13.2. The largest absolute Gasteiger partial charge is 0.326 e. The molecular weight excluding hydrogens is 426 g/mol. The minimum atomic E-state index is -0.261. The Morgan fingerprint density at radius 3 is 2.50 bits per heavy atom. The van der Waals surface area contributed by atoms with E-state index in [4.69, 9.17) is 11.6 Å². The number of benzene rings is 2. The fourth-order valence-corrected chi connectivity index (χ4v) is 3.83.